The highest BCUT2D eigenvalue weighted by atomic mass is 35.5. The van der Waals surface area contributed by atoms with Crippen LogP contribution in [-0.4, -0.2) is 17.1 Å². The van der Waals surface area contributed by atoms with Crippen LogP contribution in [0.15, 0.2) is 12.3 Å². The minimum Gasteiger partial charge on any atom is -0.374 e. The highest BCUT2D eigenvalue weighted by Crippen LogP contribution is 2.22. The van der Waals surface area contributed by atoms with Crippen molar-refractivity contribution in [3.63, 3.8) is 0 Å². The molecule has 0 aromatic heterocycles. The SMILES string of the molecule is CC(C)NC1(C)CC=CNC1Cl. The highest BCUT2D eigenvalue weighted by molar-refractivity contribution is 6.21. The summed E-state index contributed by atoms with van der Waals surface area (Å²) in [5.41, 5.74) is -0.0466. The Morgan fingerprint density at radius 1 is 1.67 bits per heavy atom. The van der Waals surface area contributed by atoms with E-state index in [0.717, 1.165) is 6.42 Å². The van der Waals surface area contributed by atoms with Gasteiger partial charge >= 0.3 is 0 Å². The second kappa shape index (κ2) is 3.67. The van der Waals surface area contributed by atoms with Gasteiger partial charge in [0.1, 0.15) is 5.50 Å². The molecule has 1 aliphatic rings. The van der Waals surface area contributed by atoms with Crippen molar-refractivity contribution < 1.29 is 0 Å². The smallest absolute Gasteiger partial charge is 0.119 e. The molecule has 2 atom stereocenters. The molecule has 0 radical (unpaired) electrons. The van der Waals surface area contributed by atoms with Crippen molar-refractivity contribution >= 4 is 11.6 Å². The number of hydrogen-bond acceptors (Lipinski definition) is 2. The number of halogens is 1. The van der Waals surface area contributed by atoms with Crippen LogP contribution in [0.3, 0.4) is 0 Å². The van der Waals surface area contributed by atoms with Gasteiger partial charge in [-0.1, -0.05) is 31.5 Å². The first-order valence-corrected chi connectivity index (χ1v) is 4.81. The molecule has 1 heterocycles. The fourth-order valence-corrected chi connectivity index (χ4v) is 1.76. The minimum absolute atomic E-state index is 0.0232. The van der Waals surface area contributed by atoms with Crippen molar-refractivity contribution in [2.75, 3.05) is 0 Å². The van der Waals surface area contributed by atoms with Gasteiger partial charge in [0.25, 0.3) is 0 Å². The summed E-state index contributed by atoms with van der Waals surface area (Å²) in [7, 11) is 0. The van der Waals surface area contributed by atoms with Crippen LogP contribution in [0.1, 0.15) is 27.2 Å². The van der Waals surface area contributed by atoms with Crippen LogP contribution >= 0.6 is 11.6 Å². The molecule has 0 saturated heterocycles. The summed E-state index contributed by atoms with van der Waals surface area (Å²) in [4.78, 5) is 0. The normalized spacial score (nSPS) is 35.2. The third-order valence-electron chi connectivity index (χ3n) is 2.08. The van der Waals surface area contributed by atoms with Gasteiger partial charge in [-0.05, 0) is 19.5 Å². The third kappa shape index (κ3) is 2.14. The summed E-state index contributed by atoms with van der Waals surface area (Å²) in [6, 6.07) is 0.463. The van der Waals surface area contributed by atoms with Gasteiger partial charge in [-0.3, -0.25) is 0 Å². The van der Waals surface area contributed by atoms with Crippen molar-refractivity contribution in [3.05, 3.63) is 12.3 Å². The molecule has 0 aromatic carbocycles. The second-order valence-corrected chi connectivity index (χ2v) is 4.29. The van der Waals surface area contributed by atoms with E-state index >= 15 is 0 Å². The van der Waals surface area contributed by atoms with Crippen LogP contribution in [-0.2, 0) is 0 Å². The van der Waals surface area contributed by atoms with Gasteiger partial charge in [0.2, 0.25) is 0 Å². The summed E-state index contributed by atoms with van der Waals surface area (Å²) < 4.78 is 0. The molecule has 0 bridgehead atoms. The van der Waals surface area contributed by atoms with E-state index in [2.05, 4.69) is 37.5 Å². The first-order chi connectivity index (χ1) is 5.54. The van der Waals surface area contributed by atoms with E-state index in [1.807, 2.05) is 6.20 Å². The van der Waals surface area contributed by atoms with Gasteiger partial charge in [0.15, 0.2) is 0 Å². The van der Waals surface area contributed by atoms with Crippen LogP contribution in [0.2, 0.25) is 0 Å². The number of rotatable bonds is 2. The fraction of sp³-hybridized carbons (Fsp3) is 0.778. The van der Waals surface area contributed by atoms with Crippen molar-refractivity contribution in [2.24, 2.45) is 0 Å². The molecular weight excluding hydrogens is 172 g/mol. The Morgan fingerprint density at radius 3 is 2.83 bits per heavy atom. The fourth-order valence-electron chi connectivity index (χ4n) is 1.54. The molecular formula is C9H17ClN2. The minimum atomic E-state index is -0.0233. The molecule has 0 fully saturated rings. The van der Waals surface area contributed by atoms with Crippen molar-refractivity contribution in [2.45, 2.75) is 44.3 Å². The van der Waals surface area contributed by atoms with Gasteiger partial charge in [0.05, 0.1) is 5.54 Å². The van der Waals surface area contributed by atoms with Gasteiger partial charge in [-0.15, -0.1) is 0 Å². The summed E-state index contributed by atoms with van der Waals surface area (Å²) >= 11 is 6.14. The molecule has 0 aliphatic carbocycles. The lowest BCUT2D eigenvalue weighted by Crippen LogP contribution is -2.57. The van der Waals surface area contributed by atoms with E-state index in [0.29, 0.717) is 6.04 Å². The monoisotopic (exact) mass is 188 g/mol. The molecule has 0 aromatic rings. The van der Waals surface area contributed by atoms with E-state index < -0.39 is 0 Å². The maximum atomic E-state index is 6.14. The summed E-state index contributed by atoms with van der Waals surface area (Å²) in [6.45, 7) is 6.40. The largest absolute Gasteiger partial charge is 0.374 e. The molecule has 0 spiro atoms. The van der Waals surface area contributed by atoms with Crippen LogP contribution in [0, 0.1) is 0 Å². The first-order valence-electron chi connectivity index (χ1n) is 4.37. The Hall–Kier alpha value is -0.210. The molecule has 0 saturated carbocycles. The topological polar surface area (TPSA) is 24.1 Å². The third-order valence-corrected chi connectivity index (χ3v) is 2.69. The summed E-state index contributed by atoms with van der Waals surface area (Å²) in [5, 5.41) is 6.56. The van der Waals surface area contributed by atoms with Crippen molar-refractivity contribution in [1.29, 1.82) is 0 Å². The molecule has 12 heavy (non-hydrogen) atoms. The maximum Gasteiger partial charge on any atom is 0.119 e. The predicted molar refractivity (Wildman–Crippen MR) is 53.2 cm³/mol. The van der Waals surface area contributed by atoms with E-state index in [1.54, 1.807) is 0 Å². The van der Waals surface area contributed by atoms with Crippen LogP contribution in [0.5, 0.6) is 0 Å². The average Bonchev–Trinajstić information content (AvgIpc) is 1.94. The van der Waals surface area contributed by atoms with Gasteiger partial charge in [-0.2, -0.15) is 0 Å². The molecule has 1 rings (SSSR count). The molecule has 2 unspecified atom stereocenters. The number of hydrogen-bond donors (Lipinski definition) is 2. The van der Waals surface area contributed by atoms with Crippen LogP contribution in [0.25, 0.3) is 0 Å². The molecule has 1 aliphatic heterocycles. The Balaban J connectivity index is 2.61. The Kier molecular flexibility index (Phi) is 3.02. The zero-order chi connectivity index (χ0) is 9.19. The van der Waals surface area contributed by atoms with Crippen molar-refractivity contribution in [3.8, 4) is 0 Å². The molecule has 2 nitrogen and oxygen atoms in total. The van der Waals surface area contributed by atoms with Crippen LogP contribution < -0.4 is 10.6 Å². The highest BCUT2D eigenvalue weighted by Gasteiger charge is 2.33. The van der Waals surface area contributed by atoms with E-state index in [-0.39, 0.29) is 11.0 Å². The number of alkyl halides is 1. The lowest BCUT2D eigenvalue weighted by atomic mass is 9.94. The standard InChI is InChI=1S/C9H17ClN2/c1-7(2)12-9(3)5-4-6-11-8(9)10/h4,6-8,11-12H,5H2,1-3H3. The molecule has 70 valence electrons. The molecule has 0 amide bonds. The van der Waals surface area contributed by atoms with Crippen molar-refractivity contribution in [1.82, 2.24) is 10.6 Å². The van der Waals surface area contributed by atoms with Gasteiger partial charge in [-0.25, -0.2) is 0 Å². The second-order valence-electron chi connectivity index (χ2n) is 3.85. The quantitative estimate of drug-likeness (QED) is 0.510. The van der Waals surface area contributed by atoms with Crippen LogP contribution in [0.4, 0.5) is 0 Å². The first kappa shape index (κ1) is 9.87. The average molecular weight is 189 g/mol. The lowest BCUT2D eigenvalue weighted by Gasteiger charge is -2.38. The van der Waals surface area contributed by atoms with E-state index in [4.69, 9.17) is 11.6 Å². The Bertz CT molecular complexity index is 179. The zero-order valence-corrected chi connectivity index (χ0v) is 8.65. The maximum absolute atomic E-state index is 6.14. The van der Waals surface area contributed by atoms with E-state index in [1.165, 1.54) is 0 Å². The zero-order valence-electron chi connectivity index (χ0n) is 7.89. The summed E-state index contributed by atoms with van der Waals surface area (Å²) in [5.74, 6) is 0. The summed E-state index contributed by atoms with van der Waals surface area (Å²) in [6.07, 6.45) is 5.00. The van der Waals surface area contributed by atoms with E-state index in [9.17, 15) is 0 Å². The number of nitrogens with one attached hydrogen (secondary N) is 2. The lowest BCUT2D eigenvalue weighted by molar-refractivity contribution is 0.291. The van der Waals surface area contributed by atoms with Gasteiger partial charge < -0.3 is 10.6 Å². The predicted octanol–water partition coefficient (Wildman–Crippen LogP) is 1.81. The van der Waals surface area contributed by atoms with Gasteiger partial charge in [0, 0.05) is 6.04 Å². The Labute approximate surface area is 79.4 Å². The Morgan fingerprint density at radius 2 is 2.33 bits per heavy atom. The molecule has 3 heteroatoms. The molecule has 2 N–H and O–H groups in total.